The summed E-state index contributed by atoms with van der Waals surface area (Å²) < 4.78 is 5.70. The highest BCUT2D eigenvalue weighted by Gasteiger charge is 2.35. The molecule has 1 amide bonds. The molecule has 2 aromatic rings. The minimum absolute atomic E-state index is 0.00465. The van der Waals surface area contributed by atoms with Gasteiger partial charge < -0.3 is 14.8 Å². The molecule has 6 nitrogen and oxygen atoms in total. The van der Waals surface area contributed by atoms with Gasteiger partial charge in [0.05, 0.1) is 12.1 Å². The Morgan fingerprint density at radius 1 is 1.25 bits per heavy atom. The minimum Gasteiger partial charge on any atom is -0.481 e. The molecule has 1 aliphatic carbocycles. The lowest BCUT2D eigenvalue weighted by molar-refractivity contribution is -0.146. The Kier molecular flexibility index (Phi) is 4.93. The SMILES string of the molecule is O=C(CCCc1ncc(-c2ccccc2)o1)NC1CC(C(=O)O)C1. The van der Waals surface area contributed by atoms with Crippen LogP contribution in [-0.4, -0.2) is 28.0 Å². The Morgan fingerprint density at radius 3 is 2.71 bits per heavy atom. The number of benzene rings is 1. The Hall–Kier alpha value is -2.63. The number of carboxylic acids is 1. The van der Waals surface area contributed by atoms with Crippen LogP contribution in [0.15, 0.2) is 40.9 Å². The van der Waals surface area contributed by atoms with E-state index in [1.165, 1.54) is 0 Å². The third kappa shape index (κ3) is 4.01. The fraction of sp³-hybridized carbons (Fsp3) is 0.389. The van der Waals surface area contributed by atoms with Gasteiger partial charge in [0, 0.05) is 24.4 Å². The second kappa shape index (κ2) is 7.29. The largest absolute Gasteiger partial charge is 0.481 e. The Bertz CT molecular complexity index is 705. The summed E-state index contributed by atoms with van der Waals surface area (Å²) in [7, 11) is 0. The fourth-order valence-electron chi connectivity index (χ4n) is 2.80. The summed E-state index contributed by atoms with van der Waals surface area (Å²) in [4.78, 5) is 26.8. The molecule has 0 radical (unpaired) electrons. The molecule has 0 bridgehead atoms. The van der Waals surface area contributed by atoms with E-state index in [0.29, 0.717) is 38.0 Å². The quantitative estimate of drug-likeness (QED) is 0.815. The van der Waals surface area contributed by atoms with Gasteiger partial charge in [-0.1, -0.05) is 30.3 Å². The standard InChI is InChI=1S/C18H20N2O4/c21-16(20-14-9-13(10-14)18(22)23)7-4-8-17-19-11-15(24-17)12-5-2-1-3-6-12/h1-3,5-6,11,13-14H,4,7-10H2,(H,20,21)(H,22,23). The number of hydrogen-bond acceptors (Lipinski definition) is 4. The fourth-order valence-corrected chi connectivity index (χ4v) is 2.80. The molecule has 0 saturated heterocycles. The van der Waals surface area contributed by atoms with Gasteiger partial charge in [-0.2, -0.15) is 0 Å². The number of aryl methyl sites for hydroxylation is 1. The molecule has 1 fully saturated rings. The highest BCUT2D eigenvalue weighted by Crippen LogP contribution is 2.27. The third-order valence-corrected chi connectivity index (χ3v) is 4.26. The topological polar surface area (TPSA) is 92.4 Å². The van der Waals surface area contributed by atoms with Crippen LogP contribution in [0.25, 0.3) is 11.3 Å². The molecule has 1 saturated carbocycles. The van der Waals surface area contributed by atoms with Gasteiger partial charge in [-0.15, -0.1) is 0 Å². The van der Waals surface area contributed by atoms with Crippen LogP contribution in [0.1, 0.15) is 31.6 Å². The molecular formula is C18H20N2O4. The number of nitrogens with one attached hydrogen (secondary N) is 1. The van der Waals surface area contributed by atoms with E-state index in [0.717, 1.165) is 11.3 Å². The Labute approximate surface area is 139 Å². The number of hydrogen-bond donors (Lipinski definition) is 2. The number of amides is 1. The monoisotopic (exact) mass is 328 g/mol. The van der Waals surface area contributed by atoms with Crippen molar-refractivity contribution in [1.29, 1.82) is 0 Å². The van der Waals surface area contributed by atoms with E-state index in [1.807, 2.05) is 30.3 Å². The maximum absolute atomic E-state index is 11.8. The number of carbonyl (C=O) groups is 2. The molecule has 2 N–H and O–H groups in total. The summed E-state index contributed by atoms with van der Waals surface area (Å²) in [6.07, 6.45) is 4.39. The smallest absolute Gasteiger partial charge is 0.306 e. The van der Waals surface area contributed by atoms with Crippen LogP contribution in [0.4, 0.5) is 0 Å². The first-order valence-electron chi connectivity index (χ1n) is 8.14. The van der Waals surface area contributed by atoms with Gasteiger partial charge in [-0.05, 0) is 19.3 Å². The van der Waals surface area contributed by atoms with Crippen LogP contribution in [0.2, 0.25) is 0 Å². The average Bonchev–Trinajstić information content (AvgIpc) is 3.00. The van der Waals surface area contributed by atoms with E-state index in [4.69, 9.17) is 9.52 Å². The zero-order chi connectivity index (χ0) is 16.9. The van der Waals surface area contributed by atoms with Gasteiger partial charge in [0.2, 0.25) is 5.91 Å². The van der Waals surface area contributed by atoms with Crippen molar-refractivity contribution in [3.63, 3.8) is 0 Å². The molecule has 0 aliphatic heterocycles. The van der Waals surface area contributed by atoms with Crippen LogP contribution in [0, 0.1) is 5.92 Å². The highest BCUT2D eigenvalue weighted by molar-refractivity contribution is 5.77. The van der Waals surface area contributed by atoms with Gasteiger partial charge in [-0.25, -0.2) is 4.98 Å². The van der Waals surface area contributed by atoms with Crippen molar-refractivity contribution in [2.24, 2.45) is 5.92 Å². The number of carbonyl (C=O) groups excluding carboxylic acids is 1. The lowest BCUT2D eigenvalue weighted by Crippen LogP contribution is -2.46. The Balaban J connectivity index is 1.39. The second-order valence-corrected chi connectivity index (χ2v) is 6.11. The third-order valence-electron chi connectivity index (χ3n) is 4.26. The van der Waals surface area contributed by atoms with Crippen LogP contribution in [0.3, 0.4) is 0 Å². The molecule has 0 atom stereocenters. The Morgan fingerprint density at radius 2 is 2.00 bits per heavy atom. The zero-order valence-electron chi connectivity index (χ0n) is 13.3. The molecule has 0 spiro atoms. The molecule has 1 aromatic carbocycles. The van der Waals surface area contributed by atoms with Crippen molar-refractivity contribution in [2.45, 2.75) is 38.1 Å². The lowest BCUT2D eigenvalue weighted by atomic mass is 9.80. The van der Waals surface area contributed by atoms with Gasteiger partial charge in [0.15, 0.2) is 11.7 Å². The number of nitrogens with zero attached hydrogens (tertiary/aromatic N) is 1. The zero-order valence-corrected chi connectivity index (χ0v) is 13.3. The van der Waals surface area contributed by atoms with Crippen molar-refractivity contribution >= 4 is 11.9 Å². The first-order chi connectivity index (χ1) is 11.6. The summed E-state index contributed by atoms with van der Waals surface area (Å²) in [6.45, 7) is 0. The number of rotatable bonds is 7. The summed E-state index contributed by atoms with van der Waals surface area (Å²) >= 11 is 0. The van der Waals surface area contributed by atoms with E-state index in [1.54, 1.807) is 6.20 Å². The molecular weight excluding hydrogens is 308 g/mol. The van der Waals surface area contributed by atoms with Crippen LogP contribution >= 0.6 is 0 Å². The summed E-state index contributed by atoms with van der Waals surface area (Å²) in [5.41, 5.74) is 0.979. The maximum Gasteiger partial charge on any atom is 0.306 e. The molecule has 0 unspecified atom stereocenters. The van der Waals surface area contributed by atoms with Crippen LogP contribution in [-0.2, 0) is 16.0 Å². The van der Waals surface area contributed by atoms with Crippen molar-refractivity contribution in [3.8, 4) is 11.3 Å². The first kappa shape index (κ1) is 16.2. The van der Waals surface area contributed by atoms with Crippen molar-refractivity contribution in [1.82, 2.24) is 10.3 Å². The predicted octanol–water partition coefficient (Wildman–Crippen LogP) is 2.64. The van der Waals surface area contributed by atoms with E-state index < -0.39 is 5.97 Å². The molecule has 1 aliphatic rings. The van der Waals surface area contributed by atoms with Crippen LogP contribution in [0.5, 0.6) is 0 Å². The predicted molar refractivity (Wildman–Crippen MR) is 87.2 cm³/mol. The molecule has 126 valence electrons. The average molecular weight is 328 g/mol. The minimum atomic E-state index is -0.779. The van der Waals surface area contributed by atoms with E-state index in [2.05, 4.69) is 10.3 Å². The lowest BCUT2D eigenvalue weighted by Gasteiger charge is -2.32. The van der Waals surface area contributed by atoms with Gasteiger partial charge in [0.25, 0.3) is 0 Å². The van der Waals surface area contributed by atoms with Crippen molar-refractivity contribution < 1.29 is 19.1 Å². The van der Waals surface area contributed by atoms with Gasteiger partial charge >= 0.3 is 5.97 Å². The number of aromatic nitrogens is 1. The number of oxazole rings is 1. The summed E-state index contributed by atoms with van der Waals surface area (Å²) in [5.74, 6) is 0.219. The molecule has 1 aromatic heterocycles. The number of aliphatic carboxylic acids is 1. The van der Waals surface area contributed by atoms with Crippen molar-refractivity contribution in [3.05, 3.63) is 42.4 Å². The summed E-state index contributed by atoms with van der Waals surface area (Å²) in [6, 6.07) is 9.75. The molecule has 6 heteroatoms. The van der Waals surface area contributed by atoms with Crippen molar-refractivity contribution in [2.75, 3.05) is 0 Å². The molecule has 1 heterocycles. The molecule has 3 rings (SSSR count). The van der Waals surface area contributed by atoms with Gasteiger partial charge in [0.1, 0.15) is 0 Å². The first-order valence-corrected chi connectivity index (χ1v) is 8.14. The van der Waals surface area contributed by atoms with Crippen LogP contribution < -0.4 is 5.32 Å². The second-order valence-electron chi connectivity index (χ2n) is 6.11. The van der Waals surface area contributed by atoms with Gasteiger partial charge in [-0.3, -0.25) is 9.59 Å². The van der Waals surface area contributed by atoms with E-state index in [9.17, 15) is 9.59 Å². The maximum atomic E-state index is 11.8. The van der Waals surface area contributed by atoms with E-state index >= 15 is 0 Å². The number of carboxylic acid groups (broad SMARTS) is 1. The summed E-state index contributed by atoms with van der Waals surface area (Å²) in [5, 5.41) is 11.7. The van der Waals surface area contributed by atoms with E-state index in [-0.39, 0.29) is 17.9 Å². The molecule has 24 heavy (non-hydrogen) atoms. The highest BCUT2D eigenvalue weighted by atomic mass is 16.4. The normalized spacial score (nSPS) is 19.5.